The zero-order valence-corrected chi connectivity index (χ0v) is 19.0. The van der Waals surface area contributed by atoms with Gasteiger partial charge in [0.25, 0.3) is 5.91 Å². The first-order chi connectivity index (χ1) is 14.3. The summed E-state index contributed by atoms with van der Waals surface area (Å²) >= 11 is 7.70. The number of amides is 1. The van der Waals surface area contributed by atoms with Gasteiger partial charge in [-0.15, -0.1) is 0 Å². The molecular formula is C22H27ClN4O2S. The fraction of sp³-hybridized carbons (Fsp3) is 0.455. The van der Waals surface area contributed by atoms with Crippen molar-refractivity contribution in [3.63, 3.8) is 0 Å². The minimum atomic E-state index is -0.620. The quantitative estimate of drug-likeness (QED) is 0.610. The third kappa shape index (κ3) is 4.11. The van der Waals surface area contributed by atoms with Gasteiger partial charge in [0.1, 0.15) is 5.82 Å². The van der Waals surface area contributed by atoms with Gasteiger partial charge in [0.15, 0.2) is 16.7 Å². The summed E-state index contributed by atoms with van der Waals surface area (Å²) in [5, 5.41) is 11.8. The molecule has 2 aromatic rings. The van der Waals surface area contributed by atoms with Gasteiger partial charge < -0.3 is 14.6 Å². The van der Waals surface area contributed by atoms with Gasteiger partial charge in [-0.25, -0.2) is 4.98 Å². The van der Waals surface area contributed by atoms with Crippen molar-refractivity contribution in [2.75, 3.05) is 24.2 Å². The molecule has 0 radical (unpaired) electrons. The Bertz CT molecular complexity index is 968. The highest BCUT2D eigenvalue weighted by Gasteiger charge is 2.43. The minimum absolute atomic E-state index is 0.109. The molecule has 4 rings (SSSR count). The van der Waals surface area contributed by atoms with Crippen LogP contribution < -0.4 is 4.90 Å². The van der Waals surface area contributed by atoms with E-state index >= 15 is 0 Å². The first-order valence-electron chi connectivity index (χ1n) is 10.3. The summed E-state index contributed by atoms with van der Waals surface area (Å²) in [5.74, 6) is 2.05. The number of rotatable bonds is 8. The third-order valence-corrected chi connectivity index (χ3v) is 7.13. The molecular weight excluding hydrogens is 420 g/mol. The molecule has 30 heavy (non-hydrogen) atoms. The predicted octanol–water partition coefficient (Wildman–Crippen LogP) is 4.37. The Hall–Kier alpha value is -1.96. The van der Waals surface area contributed by atoms with Crippen LogP contribution >= 0.6 is 23.4 Å². The molecule has 8 heteroatoms. The van der Waals surface area contributed by atoms with Gasteiger partial charge in [-0.1, -0.05) is 49.0 Å². The van der Waals surface area contributed by atoms with E-state index in [1.54, 1.807) is 16.7 Å². The fourth-order valence-corrected chi connectivity index (χ4v) is 4.56. The Morgan fingerprint density at radius 2 is 2.00 bits per heavy atom. The van der Waals surface area contributed by atoms with Gasteiger partial charge >= 0.3 is 0 Å². The third-order valence-electron chi connectivity index (χ3n) is 5.70. The van der Waals surface area contributed by atoms with Crippen molar-refractivity contribution in [2.45, 2.75) is 49.9 Å². The number of anilines is 1. The molecule has 1 N–H and O–H groups in total. The number of nitrogens with zero attached hydrogens (tertiary/aromatic N) is 4. The van der Waals surface area contributed by atoms with Crippen molar-refractivity contribution in [3.8, 4) is 0 Å². The SMILES string of the molecule is C=C1N(CCC2(O)CC2)C(=O)c2c(nc(SCCC)n2Cc2ccc(Cl)cc2)N1C. The molecule has 0 saturated heterocycles. The summed E-state index contributed by atoms with van der Waals surface area (Å²) in [6, 6.07) is 7.66. The highest BCUT2D eigenvalue weighted by molar-refractivity contribution is 7.99. The maximum atomic E-state index is 13.5. The van der Waals surface area contributed by atoms with Crippen LogP contribution in [0.25, 0.3) is 0 Å². The van der Waals surface area contributed by atoms with Crippen LogP contribution in [0.4, 0.5) is 5.82 Å². The molecule has 0 bridgehead atoms. The molecule has 1 aliphatic heterocycles. The van der Waals surface area contributed by atoms with E-state index in [0.29, 0.717) is 41.9 Å². The van der Waals surface area contributed by atoms with Crippen molar-refractivity contribution >= 4 is 35.1 Å². The molecule has 2 heterocycles. The van der Waals surface area contributed by atoms with Crippen molar-refractivity contribution < 1.29 is 9.90 Å². The standard InChI is InChI=1S/C22H27ClN4O2S/c1-4-13-30-21-24-19-18(27(21)14-16-5-7-17(23)8-6-16)20(28)26(15(2)25(19)3)12-11-22(29)9-10-22/h5-8,29H,2,4,9-14H2,1,3H3. The second kappa shape index (κ2) is 8.29. The number of thioether (sulfide) groups is 1. The zero-order chi connectivity index (χ0) is 21.5. The number of hydrogen-bond donors (Lipinski definition) is 1. The summed E-state index contributed by atoms with van der Waals surface area (Å²) in [5.41, 5.74) is 1.00. The van der Waals surface area contributed by atoms with Crippen molar-refractivity contribution in [3.05, 3.63) is 52.9 Å². The second-order valence-electron chi connectivity index (χ2n) is 8.03. The van der Waals surface area contributed by atoms with Crippen LogP contribution in [0, 0.1) is 0 Å². The molecule has 2 aliphatic rings. The van der Waals surface area contributed by atoms with Crippen molar-refractivity contribution in [1.82, 2.24) is 14.5 Å². The molecule has 1 amide bonds. The first-order valence-corrected chi connectivity index (χ1v) is 11.6. The molecule has 1 aromatic heterocycles. The van der Waals surface area contributed by atoms with Gasteiger partial charge in [0.2, 0.25) is 0 Å². The van der Waals surface area contributed by atoms with Crippen LogP contribution in [-0.2, 0) is 6.54 Å². The molecule has 1 fully saturated rings. The van der Waals surface area contributed by atoms with Crippen LogP contribution in [0.15, 0.2) is 41.8 Å². The molecule has 0 atom stereocenters. The first kappa shape index (κ1) is 21.3. The predicted molar refractivity (Wildman–Crippen MR) is 121 cm³/mol. The topological polar surface area (TPSA) is 61.6 Å². The lowest BCUT2D eigenvalue weighted by molar-refractivity contribution is 0.0734. The number of hydrogen-bond acceptors (Lipinski definition) is 5. The fourth-order valence-electron chi connectivity index (χ4n) is 3.58. The Morgan fingerprint density at radius 3 is 2.63 bits per heavy atom. The lowest BCUT2D eigenvalue weighted by atomic mass is 10.1. The molecule has 0 unspecified atom stereocenters. The summed E-state index contributed by atoms with van der Waals surface area (Å²) < 4.78 is 2.00. The summed E-state index contributed by atoms with van der Waals surface area (Å²) in [7, 11) is 1.89. The number of imidazole rings is 1. The van der Waals surface area contributed by atoms with Gasteiger partial charge in [-0.05, 0) is 43.4 Å². The van der Waals surface area contributed by atoms with E-state index < -0.39 is 5.60 Å². The number of fused-ring (bicyclic) bond motifs is 1. The van der Waals surface area contributed by atoms with Gasteiger partial charge in [-0.3, -0.25) is 9.69 Å². The average molecular weight is 447 g/mol. The zero-order valence-electron chi connectivity index (χ0n) is 17.4. The highest BCUT2D eigenvalue weighted by Crippen LogP contribution is 2.40. The molecule has 1 aromatic carbocycles. The average Bonchev–Trinajstić information content (AvgIpc) is 3.35. The Labute approximate surface area is 186 Å². The Kier molecular flexibility index (Phi) is 5.88. The lowest BCUT2D eigenvalue weighted by Crippen LogP contribution is -2.44. The van der Waals surface area contributed by atoms with Crippen LogP contribution in [0.3, 0.4) is 0 Å². The van der Waals surface area contributed by atoms with E-state index in [9.17, 15) is 9.90 Å². The number of aromatic nitrogens is 2. The van der Waals surface area contributed by atoms with Gasteiger partial charge in [0, 0.05) is 24.4 Å². The highest BCUT2D eigenvalue weighted by atomic mass is 35.5. The Balaban J connectivity index is 1.70. The number of carbonyl (C=O) groups excluding carboxylic acids is 1. The lowest BCUT2D eigenvalue weighted by Gasteiger charge is -2.36. The van der Waals surface area contributed by atoms with Gasteiger partial charge in [0.05, 0.1) is 12.1 Å². The maximum Gasteiger partial charge on any atom is 0.279 e. The monoisotopic (exact) mass is 446 g/mol. The maximum absolute atomic E-state index is 13.5. The van der Waals surface area contributed by atoms with Crippen LogP contribution in [0.5, 0.6) is 0 Å². The largest absolute Gasteiger partial charge is 0.390 e. The van der Waals surface area contributed by atoms with E-state index in [0.717, 1.165) is 35.7 Å². The summed E-state index contributed by atoms with van der Waals surface area (Å²) in [6.45, 7) is 7.23. The van der Waals surface area contributed by atoms with E-state index in [-0.39, 0.29) is 5.91 Å². The number of halogens is 1. The number of carbonyl (C=O) groups is 1. The second-order valence-corrected chi connectivity index (χ2v) is 9.53. The number of aliphatic hydroxyl groups is 1. The number of benzene rings is 1. The molecule has 1 saturated carbocycles. The van der Waals surface area contributed by atoms with Crippen LogP contribution in [0.2, 0.25) is 5.02 Å². The van der Waals surface area contributed by atoms with Crippen LogP contribution in [-0.4, -0.2) is 50.4 Å². The summed E-state index contributed by atoms with van der Waals surface area (Å²) in [6.07, 6.45) is 3.18. The Morgan fingerprint density at radius 1 is 1.30 bits per heavy atom. The molecule has 0 spiro atoms. The van der Waals surface area contributed by atoms with Crippen LogP contribution in [0.1, 0.15) is 48.7 Å². The smallest absolute Gasteiger partial charge is 0.279 e. The van der Waals surface area contributed by atoms with E-state index in [1.165, 1.54) is 0 Å². The molecule has 1 aliphatic carbocycles. The van der Waals surface area contributed by atoms with E-state index in [4.69, 9.17) is 16.6 Å². The van der Waals surface area contributed by atoms with E-state index in [2.05, 4.69) is 13.5 Å². The van der Waals surface area contributed by atoms with Gasteiger partial charge in [-0.2, -0.15) is 0 Å². The van der Waals surface area contributed by atoms with E-state index in [1.807, 2.05) is 40.8 Å². The van der Waals surface area contributed by atoms with Crippen molar-refractivity contribution in [2.24, 2.45) is 0 Å². The normalized spacial score (nSPS) is 17.5. The summed E-state index contributed by atoms with van der Waals surface area (Å²) in [4.78, 5) is 21.9. The molecule has 6 nitrogen and oxygen atoms in total. The minimum Gasteiger partial charge on any atom is -0.390 e. The molecule has 160 valence electrons. The van der Waals surface area contributed by atoms with Crippen molar-refractivity contribution in [1.29, 1.82) is 0 Å².